The van der Waals surface area contributed by atoms with Gasteiger partial charge < -0.3 is 24.4 Å². The van der Waals surface area contributed by atoms with Gasteiger partial charge in [-0.3, -0.25) is 0 Å². The van der Waals surface area contributed by atoms with Crippen molar-refractivity contribution >= 4 is 5.97 Å². The number of hydrogen-bond donors (Lipinski definition) is 2. The first-order chi connectivity index (χ1) is 10.0. The largest absolute Gasteiger partial charge is 0.462 e. The second-order valence-electron chi connectivity index (χ2n) is 4.76. The second kappa shape index (κ2) is 11.7. The van der Waals surface area contributed by atoms with E-state index in [2.05, 4.69) is 13.5 Å². The standard InChI is InChI=1S/C15H28O6/c1-4-5-6-7-10-19-14(18)13(2)15(3,20-11-8-16)21-12-9-17/h16-17H,2,4-12H2,1,3H3. The van der Waals surface area contributed by atoms with Gasteiger partial charge in [-0.1, -0.05) is 32.8 Å². The Labute approximate surface area is 126 Å². The van der Waals surface area contributed by atoms with Crippen molar-refractivity contribution in [3.05, 3.63) is 12.2 Å². The summed E-state index contributed by atoms with van der Waals surface area (Å²) in [7, 11) is 0. The van der Waals surface area contributed by atoms with Crippen LogP contribution < -0.4 is 0 Å². The molecule has 0 atom stereocenters. The molecule has 0 aliphatic heterocycles. The summed E-state index contributed by atoms with van der Waals surface area (Å²) in [6.07, 6.45) is 4.03. The molecule has 0 fully saturated rings. The van der Waals surface area contributed by atoms with Gasteiger partial charge in [0.1, 0.15) is 0 Å². The normalized spacial score (nSPS) is 11.4. The molecule has 21 heavy (non-hydrogen) atoms. The van der Waals surface area contributed by atoms with Crippen LogP contribution in [0.15, 0.2) is 12.2 Å². The van der Waals surface area contributed by atoms with Gasteiger partial charge in [0.15, 0.2) is 5.79 Å². The Morgan fingerprint density at radius 2 is 1.62 bits per heavy atom. The topological polar surface area (TPSA) is 85.2 Å². The van der Waals surface area contributed by atoms with E-state index in [4.69, 9.17) is 24.4 Å². The highest BCUT2D eigenvalue weighted by atomic mass is 16.7. The molecule has 0 spiro atoms. The zero-order valence-electron chi connectivity index (χ0n) is 13.1. The lowest BCUT2D eigenvalue weighted by Crippen LogP contribution is -2.39. The molecule has 6 heteroatoms. The number of aliphatic hydroxyl groups is 2. The first-order valence-electron chi connectivity index (χ1n) is 7.38. The van der Waals surface area contributed by atoms with Crippen LogP contribution in [0.5, 0.6) is 0 Å². The van der Waals surface area contributed by atoms with Crippen molar-refractivity contribution in [2.24, 2.45) is 0 Å². The van der Waals surface area contributed by atoms with Crippen molar-refractivity contribution in [2.75, 3.05) is 33.0 Å². The molecule has 0 saturated carbocycles. The Morgan fingerprint density at radius 1 is 1.05 bits per heavy atom. The number of carbonyl (C=O) groups is 1. The Kier molecular flexibility index (Phi) is 11.2. The number of aliphatic hydroxyl groups excluding tert-OH is 2. The summed E-state index contributed by atoms with van der Waals surface area (Å²) < 4.78 is 15.8. The van der Waals surface area contributed by atoms with Gasteiger partial charge in [0.2, 0.25) is 0 Å². The molecule has 0 radical (unpaired) electrons. The first-order valence-corrected chi connectivity index (χ1v) is 7.38. The lowest BCUT2D eigenvalue weighted by atomic mass is 10.1. The lowest BCUT2D eigenvalue weighted by molar-refractivity contribution is -0.211. The fourth-order valence-corrected chi connectivity index (χ4v) is 1.66. The maximum atomic E-state index is 11.9. The second-order valence-corrected chi connectivity index (χ2v) is 4.76. The van der Waals surface area contributed by atoms with Crippen LogP contribution in [0.25, 0.3) is 0 Å². The Hall–Kier alpha value is -0.950. The summed E-state index contributed by atoms with van der Waals surface area (Å²) in [6.45, 7) is 7.17. The molecule has 0 bridgehead atoms. The summed E-state index contributed by atoms with van der Waals surface area (Å²) in [5.41, 5.74) is 0.0138. The number of unbranched alkanes of at least 4 members (excludes halogenated alkanes) is 3. The van der Waals surface area contributed by atoms with Crippen LogP contribution in [0.4, 0.5) is 0 Å². The van der Waals surface area contributed by atoms with E-state index in [0.29, 0.717) is 6.61 Å². The zero-order valence-corrected chi connectivity index (χ0v) is 13.1. The highest BCUT2D eigenvalue weighted by Crippen LogP contribution is 2.23. The highest BCUT2D eigenvalue weighted by molar-refractivity contribution is 5.89. The van der Waals surface area contributed by atoms with E-state index in [0.717, 1.165) is 25.7 Å². The summed E-state index contributed by atoms with van der Waals surface area (Å²) in [5, 5.41) is 17.6. The fourth-order valence-electron chi connectivity index (χ4n) is 1.66. The molecule has 0 saturated heterocycles. The van der Waals surface area contributed by atoms with E-state index >= 15 is 0 Å². The van der Waals surface area contributed by atoms with E-state index in [-0.39, 0.29) is 32.0 Å². The molecule has 0 aromatic carbocycles. The van der Waals surface area contributed by atoms with E-state index in [1.54, 1.807) is 0 Å². The monoisotopic (exact) mass is 304 g/mol. The number of rotatable bonds is 13. The van der Waals surface area contributed by atoms with Gasteiger partial charge in [0.25, 0.3) is 0 Å². The third-order valence-corrected chi connectivity index (χ3v) is 2.96. The average Bonchev–Trinajstić information content (AvgIpc) is 2.49. The third kappa shape index (κ3) is 8.16. The predicted molar refractivity (Wildman–Crippen MR) is 78.7 cm³/mol. The number of ether oxygens (including phenoxy) is 3. The van der Waals surface area contributed by atoms with Gasteiger partial charge in [-0.2, -0.15) is 0 Å². The Balaban J connectivity index is 4.38. The quantitative estimate of drug-likeness (QED) is 0.231. The third-order valence-electron chi connectivity index (χ3n) is 2.96. The molecular weight excluding hydrogens is 276 g/mol. The molecule has 0 unspecified atom stereocenters. The molecule has 6 nitrogen and oxygen atoms in total. The summed E-state index contributed by atoms with van der Waals surface area (Å²) in [6, 6.07) is 0. The van der Waals surface area contributed by atoms with Crippen LogP contribution >= 0.6 is 0 Å². The molecule has 0 aliphatic rings. The lowest BCUT2D eigenvalue weighted by Gasteiger charge is -2.30. The smallest absolute Gasteiger partial charge is 0.338 e. The minimum absolute atomic E-state index is 0.00920. The summed E-state index contributed by atoms with van der Waals surface area (Å²) in [4.78, 5) is 11.9. The first kappa shape index (κ1) is 20.1. The van der Waals surface area contributed by atoms with E-state index in [1.165, 1.54) is 6.92 Å². The molecule has 0 amide bonds. The highest BCUT2D eigenvalue weighted by Gasteiger charge is 2.35. The van der Waals surface area contributed by atoms with Gasteiger partial charge in [0, 0.05) is 0 Å². The zero-order chi connectivity index (χ0) is 16.1. The van der Waals surface area contributed by atoms with Gasteiger partial charge in [-0.05, 0) is 13.3 Å². The maximum absolute atomic E-state index is 11.9. The average molecular weight is 304 g/mol. The molecule has 0 rings (SSSR count). The molecular formula is C15H28O6. The maximum Gasteiger partial charge on any atom is 0.338 e. The summed E-state index contributed by atoms with van der Waals surface area (Å²) >= 11 is 0. The van der Waals surface area contributed by atoms with E-state index < -0.39 is 11.8 Å². The van der Waals surface area contributed by atoms with Crippen molar-refractivity contribution in [3.8, 4) is 0 Å². The summed E-state index contributed by atoms with van der Waals surface area (Å²) in [5.74, 6) is -2.00. The van der Waals surface area contributed by atoms with Crippen LogP contribution in [0.3, 0.4) is 0 Å². The van der Waals surface area contributed by atoms with Crippen molar-refractivity contribution in [3.63, 3.8) is 0 Å². The molecule has 0 aromatic heterocycles. The van der Waals surface area contributed by atoms with Crippen LogP contribution in [0.2, 0.25) is 0 Å². The number of esters is 1. The molecule has 0 aromatic rings. The van der Waals surface area contributed by atoms with Gasteiger partial charge in [-0.25, -0.2) is 4.79 Å². The van der Waals surface area contributed by atoms with Crippen LogP contribution in [-0.2, 0) is 19.0 Å². The number of hydrogen-bond acceptors (Lipinski definition) is 6. The molecule has 124 valence electrons. The van der Waals surface area contributed by atoms with E-state index in [9.17, 15) is 4.79 Å². The van der Waals surface area contributed by atoms with Crippen LogP contribution in [0, 0.1) is 0 Å². The van der Waals surface area contributed by atoms with Gasteiger partial charge in [0.05, 0.1) is 38.6 Å². The van der Waals surface area contributed by atoms with Crippen LogP contribution in [0.1, 0.15) is 39.5 Å². The van der Waals surface area contributed by atoms with Crippen molar-refractivity contribution in [1.82, 2.24) is 0 Å². The van der Waals surface area contributed by atoms with Crippen LogP contribution in [-0.4, -0.2) is 55.0 Å². The van der Waals surface area contributed by atoms with Gasteiger partial charge >= 0.3 is 5.97 Å². The van der Waals surface area contributed by atoms with E-state index in [1.807, 2.05) is 0 Å². The SMILES string of the molecule is C=C(C(=O)OCCCCCC)C(C)(OCCO)OCCO. The molecule has 2 N–H and O–H groups in total. The minimum atomic E-state index is -1.41. The Morgan fingerprint density at radius 3 is 2.10 bits per heavy atom. The molecule has 0 heterocycles. The minimum Gasteiger partial charge on any atom is -0.462 e. The van der Waals surface area contributed by atoms with Crippen molar-refractivity contribution in [2.45, 2.75) is 45.3 Å². The predicted octanol–water partition coefficient (Wildman–Crippen LogP) is 1.40. The Bertz CT molecular complexity index is 295. The fraction of sp³-hybridized carbons (Fsp3) is 0.800. The van der Waals surface area contributed by atoms with Gasteiger partial charge in [-0.15, -0.1) is 0 Å². The van der Waals surface area contributed by atoms with Crippen molar-refractivity contribution in [1.29, 1.82) is 0 Å². The van der Waals surface area contributed by atoms with Crippen molar-refractivity contribution < 1.29 is 29.2 Å². The molecule has 0 aliphatic carbocycles. The number of carbonyl (C=O) groups excluding carboxylic acids is 1.